The van der Waals surface area contributed by atoms with E-state index in [0.29, 0.717) is 16.7 Å². The summed E-state index contributed by atoms with van der Waals surface area (Å²) in [6.45, 7) is 0.531. The van der Waals surface area contributed by atoms with Crippen molar-refractivity contribution in [2.24, 2.45) is 0 Å². The number of aromatic nitrogens is 1. The third-order valence-corrected chi connectivity index (χ3v) is 3.25. The lowest BCUT2D eigenvalue weighted by atomic mass is 10.2. The number of para-hydroxylation sites is 1. The number of nitrogens with one attached hydrogen (secondary N) is 1. The van der Waals surface area contributed by atoms with E-state index in [9.17, 15) is 9.18 Å². The summed E-state index contributed by atoms with van der Waals surface area (Å²) in [4.78, 5) is 16.5. The van der Waals surface area contributed by atoms with Gasteiger partial charge in [0.1, 0.15) is 11.2 Å². The SMILES string of the molecule is CN(CCOc1ccccc1F)C(=O)c1ccc[nH]c1=S. The number of aromatic amines is 1. The van der Waals surface area contributed by atoms with Crippen molar-refractivity contribution in [3.05, 3.63) is 58.6 Å². The minimum atomic E-state index is -0.419. The molecule has 0 aliphatic heterocycles. The standard InChI is InChI=1S/C15H15FN2O2S/c1-18(15(19)11-5-4-8-17-14(11)21)9-10-20-13-7-3-2-6-12(13)16/h2-8H,9-10H2,1H3,(H,17,21). The topological polar surface area (TPSA) is 45.3 Å². The minimum absolute atomic E-state index is 0.176. The summed E-state index contributed by atoms with van der Waals surface area (Å²) >= 11 is 5.07. The number of ether oxygens (including phenoxy) is 1. The van der Waals surface area contributed by atoms with Crippen LogP contribution in [-0.2, 0) is 0 Å². The van der Waals surface area contributed by atoms with Crippen molar-refractivity contribution in [3.63, 3.8) is 0 Å². The Morgan fingerprint density at radius 2 is 2.10 bits per heavy atom. The quantitative estimate of drug-likeness (QED) is 0.864. The number of H-pyrrole nitrogens is 1. The van der Waals surface area contributed by atoms with Gasteiger partial charge in [0.15, 0.2) is 11.6 Å². The highest BCUT2D eigenvalue weighted by molar-refractivity contribution is 7.71. The summed E-state index contributed by atoms with van der Waals surface area (Å²) in [6, 6.07) is 9.53. The predicted octanol–water partition coefficient (Wildman–Crippen LogP) is 3.03. The van der Waals surface area contributed by atoms with Crippen molar-refractivity contribution in [2.75, 3.05) is 20.2 Å². The highest BCUT2D eigenvalue weighted by Gasteiger charge is 2.13. The summed E-state index contributed by atoms with van der Waals surface area (Å²) in [7, 11) is 1.65. The Kier molecular flexibility index (Phi) is 5.05. The summed E-state index contributed by atoms with van der Waals surface area (Å²) in [6.07, 6.45) is 1.67. The molecule has 0 fully saturated rings. The Hall–Kier alpha value is -2.21. The van der Waals surface area contributed by atoms with Gasteiger partial charge in [-0.05, 0) is 24.3 Å². The minimum Gasteiger partial charge on any atom is -0.489 e. The number of carbonyl (C=O) groups excluding carboxylic acids is 1. The molecule has 1 heterocycles. The molecule has 0 radical (unpaired) electrons. The van der Waals surface area contributed by atoms with Crippen LogP contribution >= 0.6 is 12.2 Å². The molecule has 0 spiro atoms. The summed E-state index contributed by atoms with van der Waals surface area (Å²) < 4.78 is 19.1. The van der Waals surface area contributed by atoms with E-state index in [1.54, 1.807) is 43.6 Å². The fourth-order valence-corrected chi connectivity index (χ4v) is 1.97. The number of rotatable bonds is 5. The van der Waals surface area contributed by atoms with E-state index in [1.165, 1.54) is 11.0 Å². The molecular weight excluding hydrogens is 291 g/mol. The van der Waals surface area contributed by atoms with E-state index in [-0.39, 0.29) is 18.3 Å². The van der Waals surface area contributed by atoms with Gasteiger partial charge in [0, 0.05) is 13.2 Å². The van der Waals surface area contributed by atoms with Crippen LogP contribution in [0.4, 0.5) is 4.39 Å². The van der Waals surface area contributed by atoms with Crippen LogP contribution in [0.25, 0.3) is 0 Å². The molecule has 2 rings (SSSR count). The fraction of sp³-hybridized carbons (Fsp3) is 0.200. The molecule has 1 amide bonds. The highest BCUT2D eigenvalue weighted by atomic mass is 32.1. The van der Waals surface area contributed by atoms with E-state index in [2.05, 4.69) is 4.98 Å². The zero-order chi connectivity index (χ0) is 15.2. The van der Waals surface area contributed by atoms with Gasteiger partial charge in [-0.1, -0.05) is 24.4 Å². The monoisotopic (exact) mass is 306 g/mol. The molecule has 0 unspecified atom stereocenters. The van der Waals surface area contributed by atoms with E-state index in [0.717, 1.165) is 0 Å². The molecule has 1 N–H and O–H groups in total. The number of hydrogen-bond acceptors (Lipinski definition) is 3. The first-order valence-electron chi connectivity index (χ1n) is 6.40. The summed E-state index contributed by atoms with van der Waals surface area (Å²) in [5.74, 6) is -0.443. The first-order chi connectivity index (χ1) is 10.1. The Morgan fingerprint density at radius 1 is 1.33 bits per heavy atom. The van der Waals surface area contributed by atoms with Crippen molar-refractivity contribution in [2.45, 2.75) is 0 Å². The van der Waals surface area contributed by atoms with Gasteiger partial charge in [-0.25, -0.2) is 4.39 Å². The number of pyridine rings is 1. The number of amides is 1. The van der Waals surface area contributed by atoms with Gasteiger partial charge in [0.05, 0.1) is 12.1 Å². The second-order valence-corrected chi connectivity index (χ2v) is 4.83. The molecule has 6 heteroatoms. The van der Waals surface area contributed by atoms with Gasteiger partial charge >= 0.3 is 0 Å². The highest BCUT2D eigenvalue weighted by Crippen LogP contribution is 2.15. The molecule has 0 saturated heterocycles. The number of carbonyl (C=O) groups is 1. The zero-order valence-electron chi connectivity index (χ0n) is 11.5. The number of halogens is 1. The Morgan fingerprint density at radius 3 is 2.81 bits per heavy atom. The fourth-order valence-electron chi connectivity index (χ4n) is 1.75. The molecule has 1 aromatic heterocycles. The lowest BCUT2D eigenvalue weighted by Crippen LogP contribution is -2.31. The van der Waals surface area contributed by atoms with Crippen LogP contribution < -0.4 is 4.74 Å². The second kappa shape index (κ2) is 6.99. The van der Waals surface area contributed by atoms with Gasteiger partial charge in [-0.15, -0.1) is 0 Å². The van der Waals surface area contributed by atoms with E-state index < -0.39 is 5.82 Å². The van der Waals surface area contributed by atoms with Gasteiger partial charge < -0.3 is 14.6 Å². The maximum Gasteiger partial charge on any atom is 0.256 e. The van der Waals surface area contributed by atoms with Crippen molar-refractivity contribution in [1.82, 2.24) is 9.88 Å². The molecule has 2 aromatic rings. The van der Waals surface area contributed by atoms with Crippen LogP contribution in [0.2, 0.25) is 0 Å². The molecule has 0 saturated carbocycles. The molecule has 21 heavy (non-hydrogen) atoms. The van der Waals surface area contributed by atoms with Gasteiger partial charge in [-0.2, -0.15) is 0 Å². The maximum atomic E-state index is 13.4. The average Bonchev–Trinajstić information content (AvgIpc) is 2.49. The van der Waals surface area contributed by atoms with Crippen LogP contribution in [-0.4, -0.2) is 36.0 Å². The van der Waals surface area contributed by atoms with Crippen LogP contribution in [0.3, 0.4) is 0 Å². The Labute approximate surface area is 127 Å². The van der Waals surface area contributed by atoms with E-state index >= 15 is 0 Å². The normalized spacial score (nSPS) is 10.2. The first kappa shape index (κ1) is 15.2. The number of benzene rings is 1. The molecule has 1 aromatic carbocycles. The van der Waals surface area contributed by atoms with Crippen molar-refractivity contribution < 1.29 is 13.9 Å². The molecule has 0 bridgehead atoms. The van der Waals surface area contributed by atoms with Gasteiger partial charge in [-0.3, -0.25) is 4.79 Å². The second-order valence-electron chi connectivity index (χ2n) is 4.42. The van der Waals surface area contributed by atoms with Crippen molar-refractivity contribution in [1.29, 1.82) is 0 Å². The molecule has 0 atom stereocenters. The number of likely N-dealkylation sites (N-methyl/N-ethyl adjacent to an activating group) is 1. The van der Waals surface area contributed by atoms with Gasteiger partial charge in [0.25, 0.3) is 5.91 Å². The first-order valence-corrected chi connectivity index (χ1v) is 6.81. The van der Waals surface area contributed by atoms with E-state index in [4.69, 9.17) is 17.0 Å². The third-order valence-electron chi connectivity index (χ3n) is 2.92. The predicted molar refractivity (Wildman–Crippen MR) is 80.5 cm³/mol. The summed E-state index contributed by atoms with van der Waals surface area (Å²) in [5, 5.41) is 0. The van der Waals surface area contributed by atoms with Crippen LogP contribution in [0.15, 0.2) is 42.6 Å². The lowest BCUT2D eigenvalue weighted by Gasteiger charge is -2.17. The molecule has 0 aliphatic carbocycles. The van der Waals surface area contributed by atoms with E-state index in [1.807, 2.05) is 0 Å². The largest absolute Gasteiger partial charge is 0.489 e. The van der Waals surface area contributed by atoms with Gasteiger partial charge in [0.2, 0.25) is 0 Å². The Bertz CT molecular complexity index is 687. The average molecular weight is 306 g/mol. The number of hydrogen-bond donors (Lipinski definition) is 1. The van der Waals surface area contributed by atoms with Crippen LogP contribution in [0.5, 0.6) is 5.75 Å². The lowest BCUT2D eigenvalue weighted by molar-refractivity contribution is 0.0772. The third kappa shape index (κ3) is 3.88. The molecule has 4 nitrogen and oxygen atoms in total. The maximum absolute atomic E-state index is 13.4. The summed E-state index contributed by atoms with van der Waals surface area (Å²) in [5.41, 5.74) is 0.431. The zero-order valence-corrected chi connectivity index (χ0v) is 12.3. The van der Waals surface area contributed by atoms with Crippen LogP contribution in [0, 0.1) is 10.5 Å². The molecular formula is C15H15FN2O2S. The smallest absolute Gasteiger partial charge is 0.256 e. The molecule has 0 aliphatic rings. The van der Waals surface area contributed by atoms with Crippen molar-refractivity contribution in [3.8, 4) is 5.75 Å². The van der Waals surface area contributed by atoms with Crippen molar-refractivity contribution >= 4 is 18.1 Å². The molecule has 110 valence electrons. The van der Waals surface area contributed by atoms with Crippen LogP contribution in [0.1, 0.15) is 10.4 Å². The number of nitrogens with zero attached hydrogens (tertiary/aromatic N) is 1. The Balaban J connectivity index is 1.92.